The molecular formula is C16H14Cl2N4. The van der Waals surface area contributed by atoms with Crippen molar-refractivity contribution in [2.45, 2.75) is 0 Å². The van der Waals surface area contributed by atoms with Crippen molar-refractivity contribution in [2.75, 3.05) is 36.0 Å². The summed E-state index contributed by atoms with van der Waals surface area (Å²) in [5.74, 6) is 0.910. The van der Waals surface area contributed by atoms with Gasteiger partial charge in [-0.1, -0.05) is 23.2 Å². The summed E-state index contributed by atoms with van der Waals surface area (Å²) in [7, 11) is 0. The van der Waals surface area contributed by atoms with Crippen LogP contribution >= 0.6 is 23.2 Å². The van der Waals surface area contributed by atoms with Crippen molar-refractivity contribution in [2.24, 2.45) is 0 Å². The number of halogens is 2. The lowest BCUT2D eigenvalue weighted by Crippen LogP contribution is -2.46. The van der Waals surface area contributed by atoms with Gasteiger partial charge in [-0.15, -0.1) is 0 Å². The molecule has 1 saturated heterocycles. The molecule has 1 fully saturated rings. The van der Waals surface area contributed by atoms with Crippen molar-refractivity contribution < 1.29 is 0 Å². The number of hydrogen-bond acceptors (Lipinski definition) is 4. The molecule has 2 aromatic rings. The van der Waals surface area contributed by atoms with E-state index < -0.39 is 0 Å². The minimum atomic E-state index is 0.575. The van der Waals surface area contributed by atoms with Gasteiger partial charge < -0.3 is 9.80 Å². The number of nitriles is 1. The van der Waals surface area contributed by atoms with E-state index in [1.165, 1.54) is 0 Å². The number of piperazine rings is 1. The molecule has 0 unspecified atom stereocenters. The largest absolute Gasteiger partial charge is 0.368 e. The third-order valence-corrected chi connectivity index (χ3v) is 4.49. The van der Waals surface area contributed by atoms with Gasteiger partial charge in [-0.2, -0.15) is 5.26 Å². The second kappa shape index (κ2) is 6.43. The Labute approximate surface area is 139 Å². The standard InChI is InChI=1S/C16H14Cl2N4/c17-14-3-2-13(9-15(14)18)21-5-7-22(8-6-21)16-4-1-12(10-19)11-20-16/h1-4,9,11H,5-8H2. The number of hydrogen-bond donors (Lipinski definition) is 0. The van der Waals surface area contributed by atoms with Gasteiger partial charge in [-0.05, 0) is 30.3 Å². The first kappa shape index (κ1) is 15.0. The van der Waals surface area contributed by atoms with E-state index >= 15 is 0 Å². The maximum Gasteiger partial charge on any atom is 0.128 e. The van der Waals surface area contributed by atoms with Gasteiger partial charge in [0.25, 0.3) is 0 Å². The van der Waals surface area contributed by atoms with E-state index in [1.807, 2.05) is 24.3 Å². The predicted molar refractivity (Wildman–Crippen MR) is 89.8 cm³/mol. The maximum atomic E-state index is 8.81. The molecule has 0 saturated carbocycles. The van der Waals surface area contributed by atoms with E-state index in [0.717, 1.165) is 37.7 Å². The topological polar surface area (TPSA) is 43.2 Å². The number of nitrogens with zero attached hydrogens (tertiary/aromatic N) is 4. The van der Waals surface area contributed by atoms with Crippen LogP contribution in [0, 0.1) is 11.3 Å². The summed E-state index contributed by atoms with van der Waals surface area (Å²) in [6, 6.07) is 11.5. The predicted octanol–water partition coefficient (Wildman–Crippen LogP) is 3.59. The number of benzene rings is 1. The lowest BCUT2D eigenvalue weighted by Gasteiger charge is -2.36. The number of anilines is 2. The molecule has 6 heteroatoms. The Morgan fingerprint density at radius 1 is 0.955 bits per heavy atom. The van der Waals surface area contributed by atoms with Crippen LogP contribution in [0.15, 0.2) is 36.5 Å². The molecule has 3 rings (SSSR count). The summed E-state index contributed by atoms with van der Waals surface area (Å²) in [6.07, 6.45) is 1.61. The van der Waals surface area contributed by atoms with Crippen LogP contribution in [0.3, 0.4) is 0 Å². The quantitative estimate of drug-likeness (QED) is 0.842. The second-order valence-electron chi connectivity index (χ2n) is 5.09. The van der Waals surface area contributed by atoms with Gasteiger partial charge in [0.15, 0.2) is 0 Å². The molecule has 1 aromatic carbocycles. The first-order valence-electron chi connectivity index (χ1n) is 6.98. The summed E-state index contributed by atoms with van der Waals surface area (Å²) < 4.78 is 0. The Kier molecular flexibility index (Phi) is 4.37. The summed E-state index contributed by atoms with van der Waals surface area (Å²) in [4.78, 5) is 8.84. The van der Waals surface area contributed by atoms with Crippen LogP contribution in [-0.2, 0) is 0 Å². The van der Waals surface area contributed by atoms with Crippen molar-refractivity contribution in [1.29, 1.82) is 5.26 Å². The first-order chi connectivity index (χ1) is 10.7. The third kappa shape index (κ3) is 3.11. The fraction of sp³-hybridized carbons (Fsp3) is 0.250. The number of aromatic nitrogens is 1. The molecule has 1 aromatic heterocycles. The van der Waals surface area contributed by atoms with Crippen LogP contribution in [-0.4, -0.2) is 31.2 Å². The van der Waals surface area contributed by atoms with Crippen molar-refractivity contribution in [1.82, 2.24) is 4.98 Å². The van der Waals surface area contributed by atoms with Gasteiger partial charge >= 0.3 is 0 Å². The normalized spacial score (nSPS) is 14.8. The molecule has 1 aliphatic rings. The summed E-state index contributed by atoms with van der Waals surface area (Å²) in [5, 5.41) is 9.96. The summed E-state index contributed by atoms with van der Waals surface area (Å²) in [6.45, 7) is 3.53. The van der Waals surface area contributed by atoms with Gasteiger partial charge in [0, 0.05) is 38.1 Å². The molecule has 0 bridgehead atoms. The van der Waals surface area contributed by atoms with E-state index in [4.69, 9.17) is 28.5 Å². The summed E-state index contributed by atoms with van der Waals surface area (Å²) >= 11 is 12.0. The Morgan fingerprint density at radius 2 is 1.68 bits per heavy atom. The smallest absolute Gasteiger partial charge is 0.128 e. The van der Waals surface area contributed by atoms with E-state index in [-0.39, 0.29) is 0 Å². The molecule has 4 nitrogen and oxygen atoms in total. The molecule has 0 amide bonds. The second-order valence-corrected chi connectivity index (χ2v) is 5.90. The Bertz CT molecular complexity index is 701. The van der Waals surface area contributed by atoms with Crippen molar-refractivity contribution >= 4 is 34.7 Å². The zero-order valence-corrected chi connectivity index (χ0v) is 13.3. The van der Waals surface area contributed by atoms with E-state index in [1.54, 1.807) is 12.3 Å². The highest BCUT2D eigenvalue weighted by atomic mass is 35.5. The molecule has 0 N–H and O–H groups in total. The molecule has 0 spiro atoms. The van der Waals surface area contributed by atoms with Crippen molar-refractivity contribution in [3.8, 4) is 6.07 Å². The molecule has 112 valence electrons. The van der Waals surface area contributed by atoms with Gasteiger partial charge in [-0.25, -0.2) is 4.98 Å². The van der Waals surface area contributed by atoms with Gasteiger partial charge in [0.2, 0.25) is 0 Å². The average molecular weight is 333 g/mol. The minimum absolute atomic E-state index is 0.575. The molecule has 2 heterocycles. The van der Waals surface area contributed by atoms with Crippen molar-refractivity contribution in [3.63, 3.8) is 0 Å². The third-order valence-electron chi connectivity index (χ3n) is 3.75. The van der Waals surface area contributed by atoms with Crippen molar-refractivity contribution in [3.05, 3.63) is 52.1 Å². The SMILES string of the molecule is N#Cc1ccc(N2CCN(c3ccc(Cl)c(Cl)c3)CC2)nc1. The highest BCUT2D eigenvalue weighted by Gasteiger charge is 2.18. The molecule has 22 heavy (non-hydrogen) atoms. The van der Waals surface area contributed by atoms with E-state index in [2.05, 4.69) is 20.9 Å². The Balaban J connectivity index is 1.66. The van der Waals surface area contributed by atoms with E-state index in [0.29, 0.717) is 15.6 Å². The monoisotopic (exact) mass is 332 g/mol. The van der Waals surface area contributed by atoms with Crippen LogP contribution in [0.4, 0.5) is 11.5 Å². The van der Waals surface area contributed by atoms with Gasteiger partial charge in [0.05, 0.1) is 15.6 Å². The lowest BCUT2D eigenvalue weighted by molar-refractivity contribution is 0.647. The fourth-order valence-electron chi connectivity index (χ4n) is 2.51. The fourth-order valence-corrected chi connectivity index (χ4v) is 2.81. The lowest BCUT2D eigenvalue weighted by atomic mass is 10.2. The van der Waals surface area contributed by atoms with Crippen LogP contribution in [0.5, 0.6) is 0 Å². The van der Waals surface area contributed by atoms with Crippen LogP contribution in [0.25, 0.3) is 0 Å². The molecule has 1 aliphatic heterocycles. The Hall–Kier alpha value is -1.96. The maximum absolute atomic E-state index is 8.81. The van der Waals surface area contributed by atoms with Crippen LogP contribution < -0.4 is 9.80 Å². The molecule has 0 aliphatic carbocycles. The van der Waals surface area contributed by atoms with Gasteiger partial charge in [0.1, 0.15) is 11.9 Å². The highest BCUT2D eigenvalue weighted by molar-refractivity contribution is 6.42. The van der Waals surface area contributed by atoms with Gasteiger partial charge in [-0.3, -0.25) is 0 Å². The Morgan fingerprint density at radius 3 is 2.27 bits per heavy atom. The zero-order valence-electron chi connectivity index (χ0n) is 11.8. The summed E-state index contributed by atoms with van der Waals surface area (Å²) in [5.41, 5.74) is 1.67. The van der Waals surface area contributed by atoms with Crippen LogP contribution in [0.1, 0.15) is 5.56 Å². The first-order valence-corrected chi connectivity index (χ1v) is 7.74. The average Bonchev–Trinajstić information content (AvgIpc) is 2.58. The zero-order chi connectivity index (χ0) is 15.5. The highest BCUT2D eigenvalue weighted by Crippen LogP contribution is 2.28. The number of pyridine rings is 1. The molecule has 0 atom stereocenters. The van der Waals surface area contributed by atoms with Crippen LogP contribution in [0.2, 0.25) is 10.0 Å². The minimum Gasteiger partial charge on any atom is -0.368 e. The molecular weight excluding hydrogens is 319 g/mol. The van der Waals surface area contributed by atoms with E-state index in [9.17, 15) is 0 Å². The molecule has 0 radical (unpaired) electrons. The number of rotatable bonds is 2.